The molecule has 0 bridgehead atoms. The largest absolute Gasteiger partial charge is 0.508 e. The van der Waals surface area contributed by atoms with Crippen LogP contribution in [0.1, 0.15) is 13.3 Å². The van der Waals surface area contributed by atoms with E-state index >= 15 is 0 Å². The van der Waals surface area contributed by atoms with Crippen molar-refractivity contribution in [1.82, 2.24) is 0 Å². The maximum atomic E-state index is 9.07. The topological polar surface area (TPSA) is 32.3 Å². The number of hydrogen-bond acceptors (Lipinski definition) is 3. The van der Waals surface area contributed by atoms with Crippen LogP contribution in [0.4, 0.5) is 5.69 Å². The Morgan fingerprint density at radius 2 is 2.07 bits per heavy atom. The molecule has 0 aromatic heterocycles. The van der Waals surface area contributed by atoms with Crippen molar-refractivity contribution in [2.75, 3.05) is 11.1 Å². The van der Waals surface area contributed by atoms with Crippen LogP contribution in [0.3, 0.4) is 0 Å². The molecule has 0 aliphatic rings. The van der Waals surface area contributed by atoms with Gasteiger partial charge in [-0.1, -0.05) is 30.9 Å². The van der Waals surface area contributed by atoms with E-state index in [1.807, 2.05) is 0 Å². The molecule has 0 aliphatic heterocycles. The van der Waals surface area contributed by atoms with Crippen LogP contribution < -0.4 is 5.32 Å². The zero-order valence-corrected chi connectivity index (χ0v) is 9.62. The van der Waals surface area contributed by atoms with Crippen LogP contribution in [0.5, 0.6) is 5.75 Å². The zero-order chi connectivity index (χ0) is 10.4. The normalized spacial score (nSPS) is 9.79. The number of rotatable bonds is 3. The van der Waals surface area contributed by atoms with Crippen molar-refractivity contribution in [3.05, 3.63) is 24.3 Å². The van der Waals surface area contributed by atoms with Crippen LogP contribution in [0.25, 0.3) is 0 Å². The van der Waals surface area contributed by atoms with Crippen molar-refractivity contribution in [2.24, 2.45) is 0 Å². The Morgan fingerprint density at radius 1 is 1.43 bits per heavy atom. The molecule has 0 heterocycles. The molecule has 0 spiro atoms. The summed E-state index contributed by atoms with van der Waals surface area (Å²) in [7, 11) is 0. The minimum atomic E-state index is 0.266. The minimum Gasteiger partial charge on any atom is -0.508 e. The highest BCUT2D eigenvalue weighted by atomic mass is 32.2. The summed E-state index contributed by atoms with van der Waals surface area (Å²) < 4.78 is 0.775. The first kappa shape index (κ1) is 11.3. The van der Waals surface area contributed by atoms with Gasteiger partial charge in [-0.05, 0) is 36.4 Å². The molecule has 0 aliphatic carbocycles. The van der Waals surface area contributed by atoms with Crippen LogP contribution in [-0.2, 0) is 0 Å². The summed E-state index contributed by atoms with van der Waals surface area (Å²) in [5, 5.41) is 12.2. The number of phenolic OH excluding ortho intramolecular Hbond substituents is 1. The Kier molecular flexibility index (Phi) is 4.76. The van der Waals surface area contributed by atoms with Crippen LogP contribution in [0.15, 0.2) is 24.3 Å². The number of anilines is 1. The fourth-order valence-corrected chi connectivity index (χ4v) is 1.84. The monoisotopic (exact) mass is 227 g/mol. The first-order valence-corrected chi connectivity index (χ1v) is 5.84. The molecule has 4 heteroatoms. The fraction of sp³-hybridized carbons (Fsp3) is 0.300. The summed E-state index contributed by atoms with van der Waals surface area (Å²) in [4.78, 5) is 0. The SMILES string of the molecule is CCCSC(=S)Nc1ccc(O)cc1. The summed E-state index contributed by atoms with van der Waals surface area (Å²) in [6.45, 7) is 2.12. The van der Waals surface area contributed by atoms with E-state index in [9.17, 15) is 0 Å². The molecule has 0 unspecified atom stereocenters. The van der Waals surface area contributed by atoms with Crippen molar-refractivity contribution >= 4 is 34.0 Å². The third-order valence-electron chi connectivity index (χ3n) is 1.55. The molecular weight excluding hydrogens is 214 g/mol. The number of thiocarbonyl (C=S) groups is 1. The molecule has 2 N–H and O–H groups in total. The highest BCUT2D eigenvalue weighted by Gasteiger charge is 1.97. The Morgan fingerprint density at radius 3 is 2.64 bits per heavy atom. The van der Waals surface area contributed by atoms with Gasteiger partial charge in [-0.2, -0.15) is 0 Å². The molecule has 0 saturated carbocycles. The Labute approximate surface area is 93.7 Å². The van der Waals surface area contributed by atoms with Crippen LogP contribution in [0.2, 0.25) is 0 Å². The van der Waals surface area contributed by atoms with Crippen LogP contribution >= 0.6 is 24.0 Å². The molecule has 1 aromatic rings. The highest BCUT2D eigenvalue weighted by Crippen LogP contribution is 2.16. The third-order valence-corrected chi connectivity index (χ3v) is 2.98. The number of thioether (sulfide) groups is 1. The first-order valence-electron chi connectivity index (χ1n) is 4.45. The smallest absolute Gasteiger partial charge is 0.138 e. The lowest BCUT2D eigenvalue weighted by molar-refractivity contribution is 0.475. The van der Waals surface area contributed by atoms with Gasteiger partial charge in [0.15, 0.2) is 0 Å². The number of benzene rings is 1. The van der Waals surface area contributed by atoms with Crippen molar-refractivity contribution in [2.45, 2.75) is 13.3 Å². The second kappa shape index (κ2) is 5.88. The molecule has 1 aromatic carbocycles. The van der Waals surface area contributed by atoms with Crippen LogP contribution in [0, 0.1) is 0 Å². The summed E-state index contributed by atoms with van der Waals surface area (Å²) in [5.41, 5.74) is 0.913. The van der Waals surface area contributed by atoms with Gasteiger partial charge in [0.25, 0.3) is 0 Å². The lowest BCUT2D eigenvalue weighted by Gasteiger charge is -2.06. The van der Waals surface area contributed by atoms with Gasteiger partial charge in [0.1, 0.15) is 10.1 Å². The van der Waals surface area contributed by atoms with Gasteiger partial charge < -0.3 is 10.4 Å². The third kappa shape index (κ3) is 3.98. The lowest BCUT2D eigenvalue weighted by atomic mass is 10.3. The molecule has 0 atom stereocenters. The molecular formula is C10H13NOS2. The molecule has 2 nitrogen and oxygen atoms in total. The summed E-state index contributed by atoms with van der Waals surface area (Å²) in [5.74, 6) is 1.30. The van der Waals surface area contributed by atoms with Crippen molar-refractivity contribution in [3.8, 4) is 5.75 Å². The maximum Gasteiger partial charge on any atom is 0.138 e. The zero-order valence-electron chi connectivity index (χ0n) is 7.99. The Bertz CT molecular complexity index is 297. The van der Waals surface area contributed by atoms with Crippen molar-refractivity contribution in [1.29, 1.82) is 0 Å². The van der Waals surface area contributed by atoms with Crippen LogP contribution in [-0.4, -0.2) is 15.2 Å². The Hall–Kier alpha value is -0.740. The summed E-state index contributed by atoms with van der Waals surface area (Å²) >= 11 is 6.76. The highest BCUT2D eigenvalue weighted by molar-refractivity contribution is 8.23. The number of nitrogens with one attached hydrogen (secondary N) is 1. The molecule has 0 amide bonds. The fourth-order valence-electron chi connectivity index (χ4n) is 0.893. The van der Waals surface area contributed by atoms with E-state index in [-0.39, 0.29) is 5.75 Å². The number of aromatic hydroxyl groups is 1. The molecule has 0 fully saturated rings. The van der Waals surface area contributed by atoms with E-state index in [1.165, 1.54) is 0 Å². The molecule has 14 heavy (non-hydrogen) atoms. The predicted molar refractivity (Wildman–Crippen MR) is 67.1 cm³/mol. The van der Waals surface area contributed by atoms with Gasteiger partial charge >= 0.3 is 0 Å². The van der Waals surface area contributed by atoms with E-state index in [4.69, 9.17) is 17.3 Å². The molecule has 76 valence electrons. The number of phenols is 1. The van der Waals surface area contributed by atoms with E-state index in [0.29, 0.717) is 0 Å². The van der Waals surface area contributed by atoms with E-state index in [2.05, 4.69) is 12.2 Å². The molecule has 1 rings (SSSR count). The van der Waals surface area contributed by atoms with Gasteiger partial charge in [0.05, 0.1) is 0 Å². The van der Waals surface area contributed by atoms with Gasteiger partial charge in [-0.3, -0.25) is 0 Å². The average molecular weight is 227 g/mol. The quantitative estimate of drug-likeness (QED) is 0.613. The summed E-state index contributed by atoms with van der Waals surface area (Å²) in [6, 6.07) is 6.87. The van der Waals surface area contributed by atoms with E-state index < -0.39 is 0 Å². The molecule has 0 saturated heterocycles. The predicted octanol–water partition coefficient (Wildman–Crippen LogP) is 3.23. The van der Waals surface area contributed by atoms with Gasteiger partial charge in [0.2, 0.25) is 0 Å². The summed E-state index contributed by atoms with van der Waals surface area (Å²) in [6.07, 6.45) is 1.11. The lowest BCUT2D eigenvalue weighted by Crippen LogP contribution is -2.04. The standard InChI is InChI=1S/C10H13NOS2/c1-2-7-14-10(13)11-8-3-5-9(12)6-4-8/h3-6,12H,2,7H2,1H3,(H,11,13). The Balaban J connectivity index is 2.44. The second-order valence-electron chi connectivity index (χ2n) is 2.81. The average Bonchev–Trinajstić information content (AvgIpc) is 2.18. The van der Waals surface area contributed by atoms with Crippen molar-refractivity contribution < 1.29 is 5.11 Å². The maximum absolute atomic E-state index is 9.07. The van der Waals surface area contributed by atoms with E-state index in [0.717, 1.165) is 22.2 Å². The van der Waals surface area contributed by atoms with Gasteiger partial charge in [0, 0.05) is 5.69 Å². The number of hydrogen-bond donors (Lipinski definition) is 2. The molecule has 0 radical (unpaired) electrons. The van der Waals surface area contributed by atoms with E-state index in [1.54, 1.807) is 36.0 Å². The van der Waals surface area contributed by atoms with Crippen molar-refractivity contribution in [3.63, 3.8) is 0 Å². The second-order valence-corrected chi connectivity index (χ2v) is 4.58. The van der Waals surface area contributed by atoms with Gasteiger partial charge in [-0.15, -0.1) is 0 Å². The van der Waals surface area contributed by atoms with Gasteiger partial charge in [-0.25, -0.2) is 0 Å². The first-order chi connectivity index (χ1) is 6.72. The minimum absolute atomic E-state index is 0.266.